The van der Waals surface area contributed by atoms with Crippen LogP contribution >= 0.6 is 11.3 Å². The van der Waals surface area contributed by atoms with Crippen LogP contribution in [0, 0.1) is 17.8 Å². The van der Waals surface area contributed by atoms with Gasteiger partial charge >= 0.3 is 6.36 Å². The fraction of sp³-hybridized carbons (Fsp3) is 0.700. The summed E-state index contributed by atoms with van der Waals surface area (Å²) < 4.78 is 42.0. The summed E-state index contributed by atoms with van der Waals surface area (Å²) in [7, 11) is 0. The third kappa shape index (κ3) is 2.64. The zero-order valence-corrected chi connectivity index (χ0v) is 15.8. The van der Waals surface area contributed by atoms with Crippen LogP contribution in [0.1, 0.15) is 87.8 Å². The Balaban J connectivity index is 1.47. The van der Waals surface area contributed by atoms with Crippen LogP contribution in [0.2, 0.25) is 0 Å². The summed E-state index contributed by atoms with van der Waals surface area (Å²) in [5, 5.41) is 0. The second kappa shape index (κ2) is 5.89. The lowest BCUT2D eigenvalue weighted by Gasteiger charge is -2.33. The predicted molar refractivity (Wildman–Crippen MR) is 93.2 cm³/mol. The highest BCUT2D eigenvalue weighted by molar-refractivity contribution is 7.16. The van der Waals surface area contributed by atoms with E-state index in [9.17, 15) is 22.8 Å². The average Bonchev–Trinajstić information content (AvgIpc) is 3.17. The second-order valence-corrected chi connectivity index (χ2v) is 9.68. The quantitative estimate of drug-likeness (QED) is 0.632. The largest absolute Gasteiger partial charge is 0.522 e. The predicted octanol–water partition coefficient (Wildman–Crippen LogP) is 5.45. The normalized spacial score (nSPS) is 37.8. The van der Waals surface area contributed by atoms with Gasteiger partial charge in [-0.3, -0.25) is 14.3 Å². The molecule has 1 heterocycles. The monoisotopic (exact) mass is 398 g/mol. The van der Waals surface area contributed by atoms with Crippen molar-refractivity contribution in [2.24, 2.45) is 17.8 Å². The van der Waals surface area contributed by atoms with Crippen LogP contribution in [0.15, 0.2) is 0 Å². The lowest BCUT2D eigenvalue weighted by molar-refractivity contribution is -0.346. The molecule has 0 bridgehead atoms. The number of carbonyl (C=O) groups is 2. The number of thiophene rings is 1. The van der Waals surface area contributed by atoms with E-state index in [0.29, 0.717) is 23.6 Å². The van der Waals surface area contributed by atoms with E-state index in [-0.39, 0.29) is 35.7 Å². The number of halogens is 3. The average molecular weight is 398 g/mol. The maximum absolute atomic E-state index is 12.9. The van der Waals surface area contributed by atoms with Gasteiger partial charge in [0.1, 0.15) is 0 Å². The maximum atomic E-state index is 12.9. The molecule has 6 atom stereocenters. The third-order valence-corrected chi connectivity index (χ3v) is 8.31. The summed E-state index contributed by atoms with van der Waals surface area (Å²) in [6, 6.07) is 0. The van der Waals surface area contributed by atoms with Gasteiger partial charge in [0, 0.05) is 11.8 Å². The number of ketones is 2. The van der Waals surface area contributed by atoms with Crippen molar-refractivity contribution in [2.75, 3.05) is 0 Å². The molecule has 0 radical (unpaired) electrons. The number of alkyl halides is 3. The van der Waals surface area contributed by atoms with Crippen molar-refractivity contribution in [3.8, 4) is 0 Å². The highest BCUT2D eigenvalue weighted by Gasteiger charge is 2.53. The van der Waals surface area contributed by atoms with E-state index in [1.54, 1.807) is 0 Å². The molecular formula is C20H21F3O3S. The summed E-state index contributed by atoms with van der Waals surface area (Å²) in [6.45, 7) is 2.18. The van der Waals surface area contributed by atoms with Crippen molar-refractivity contribution < 1.29 is 27.5 Å². The van der Waals surface area contributed by atoms with Crippen LogP contribution < -0.4 is 0 Å². The number of rotatable bonds is 1. The number of carbonyl (C=O) groups excluding carboxylic acids is 2. The van der Waals surface area contributed by atoms with Gasteiger partial charge in [0.15, 0.2) is 11.6 Å². The summed E-state index contributed by atoms with van der Waals surface area (Å²) in [5.41, 5.74) is 2.11. The van der Waals surface area contributed by atoms with Crippen molar-refractivity contribution >= 4 is 22.9 Å². The van der Waals surface area contributed by atoms with Gasteiger partial charge < -0.3 is 0 Å². The number of hydrogen-bond donors (Lipinski definition) is 0. The zero-order valence-electron chi connectivity index (χ0n) is 15.0. The number of ether oxygens (including phenoxy) is 1. The van der Waals surface area contributed by atoms with Gasteiger partial charge in [-0.05, 0) is 61.0 Å². The fourth-order valence-corrected chi connectivity index (χ4v) is 7.43. The first-order valence-corrected chi connectivity index (χ1v) is 10.6. The van der Waals surface area contributed by atoms with Gasteiger partial charge in [0.2, 0.25) is 0 Å². The molecule has 146 valence electrons. The minimum absolute atomic E-state index is 0.0357. The van der Waals surface area contributed by atoms with Gasteiger partial charge in [-0.2, -0.15) is 0 Å². The topological polar surface area (TPSA) is 43.4 Å². The van der Waals surface area contributed by atoms with E-state index in [4.69, 9.17) is 0 Å². The van der Waals surface area contributed by atoms with Crippen LogP contribution in [-0.4, -0.2) is 24.0 Å². The molecular weight excluding hydrogens is 377 g/mol. The number of fused-ring (bicyclic) bond motifs is 7. The zero-order chi connectivity index (χ0) is 19.1. The van der Waals surface area contributed by atoms with Gasteiger partial charge in [-0.1, -0.05) is 13.3 Å². The molecule has 27 heavy (non-hydrogen) atoms. The molecule has 1 aromatic heterocycles. The Hall–Kier alpha value is -1.21. The van der Waals surface area contributed by atoms with Crippen molar-refractivity contribution in [3.63, 3.8) is 0 Å². The molecule has 0 saturated heterocycles. The Labute approximate surface area is 159 Å². The van der Waals surface area contributed by atoms with Crippen molar-refractivity contribution in [1.29, 1.82) is 0 Å². The van der Waals surface area contributed by atoms with Crippen LogP contribution in [0.3, 0.4) is 0 Å². The Morgan fingerprint density at radius 1 is 0.852 bits per heavy atom. The van der Waals surface area contributed by atoms with Crippen molar-refractivity contribution in [2.45, 2.75) is 69.8 Å². The van der Waals surface area contributed by atoms with E-state index in [0.717, 1.165) is 35.3 Å². The Morgan fingerprint density at radius 3 is 2.00 bits per heavy atom. The first kappa shape index (κ1) is 17.9. The number of hydrogen-bond acceptors (Lipinski definition) is 4. The van der Waals surface area contributed by atoms with Gasteiger partial charge in [-0.25, -0.2) is 0 Å². The van der Waals surface area contributed by atoms with Crippen LogP contribution in [0.25, 0.3) is 0 Å². The number of Topliss-reactive ketones (excluding diaryl/α,β-unsaturated/α-hetero) is 2. The highest BCUT2D eigenvalue weighted by atomic mass is 32.1. The highest BCUT2D eigenvalue weighted by Crippen LogP contribution is 2.59. The molecule has 1 aromatic rings. The molecule has 6 unspecified atom stereocenters. The molecule has 0 aromatic carbocycles. The van der Waals surface area contributed by atoms with Crippen molar-refractivity contribution in [1.82, 2.24) is 0 Å². The molecule has 4 aliphatic rings. The lowest BCUT2D eigenvalue weighted by atomic mass is 9.72. The Bertz CT molecular complexity index is 827. The first-order chi connectivity index (χ1) is 12.7. The SMILES string of the molecule is CC1CCC2c3c(sc4c3C3CCC(OC(F)(F)F)CC3C4=O)C(=O)C2C1. The molecule has 2 saturated carbocycles. The molecule has 4 aliphatic carbocycles. The van der Waals surface area contributed by atoms with Gasteiger partial charge in [-0.15, -0.1) is 24.5 Å². The Kier molecular flexibility index (Phi) is 3.90. The summed E-state index contributed by atoms with van der Waals surface area (Å²) >= 11 is 1.31. The molecule has 0 spiro atoms. The van der Waals surface area contributed by atoms with Crippen LogP contribution in [-0.2, 0) is 4.74 Å². The van der Waals surface area contributed by atoms with Crippen molar-refractivity contribution in [3.05, 3.63) is 20.9 Å². The molecule has 3 nitrogen and oxygen atoms in total. The lowest BCUT2D eigenvalue weighted by Crippen LogP contribution is -2.33. The summed E-state index contributed by atoms with van der Waals surface area (Å²) in [5.74, 6) is 0.457. The van der Waals surface area contributed by atoms with Gasteiger partial charge in [0.25, 0.3) is 0 Å². The fourth-order valence-electron chi connectivity index (χ4n) is 5.98. The van der Waals surface area contributed by atoms with E-state index >= 15 is 0 Å². The maximum Gasteiger partial charge on any atom is 0.522 e. The van der Waals surface area contributed by atoms with Crippen LogP contribution in [0.5, 0.6) is 0 Å². The molecule has 7 heteroatoms. The standard InChI is InChI=1S/C20H21F3O3S/c1-8-2-4-10-12(6-8)16(24)18-14(10)15-11-5-3-9(26-20(21,22)23)7-13(11)17(25)19(15)27-18/h8-13H,2-7H2,1H3. The van der Waals surface area contributed by atoms with E-state index in [1.165, 1.54) is 11.3 Å². The smallest absolute Gasteiger partial charge is 0.293 e. The molecule has 2 fully saturated rings. The van der Waals surface area contributed by atoms with E-state index in [1.807, 2.05) is 0 Å². The van der Waals surface area contributed by atoms with Gasteiger partial charge in [0.05, 0.1) is 15.9 Å². The molecule has 5 rings (SSSR count). The minimum atomic E-state index is -4.66. The molecule has 0 aliphatic heterocycles. The summed E-state index contributed by atoms with van der Waals surface area (Å²) in [6.07, 6.45) is -1.69. The first-order valence-electron chi connectivity index (χ1n) is 9.74. The second-order valence-electron chi connectivity index (χ2n) is 8.66. The third-order valence-electron chi connectivity index (χ3n) is 7.06. The van der Waals surface area contributed by atoms with E-state index in [2.05, 4.69) is 11.7 Å². The van der Waals surface area contributed by atoms with E-state index < -0.39 is 18.4 Å². The molecule has 0 amide bonds. The van der Waals surface area contributed by atoms with Crippen LogP contribution in [0.4, 0.5) is 13.2 Å². The Morgan fingerprint density at radius 2 is 1.41 bits per heavy atom. The summed E-state index contributed by atoms with van der Waals surface area (Å²) in [4.78, 5) is 27.3. The minimum Gasteiger partial charge on any atom is -0.293 e. The molecule has 0 N–H and O–H groups in total.